The zero-order valence-corrected chi connectivity index (χ0v) is 10.2. The second kappa shape index (κ2) is 6.06. The molecule has 0 aromatic heterocycles. The molecule has 0 bridgehead atoms. The van der Waals surface area contributed by atoms with Gasteiger partial charge in [-0.15, -0.1) is 0 Å². The summed E-state index contributed by atoms with van der Waals surface area (Å²) >= 11 is 0. The monoisotopic (exact) mass is 286 g/mol. The summed E-state index contributed by atoms with van der Waals surface area (Å²) in [6, 6.07) is 0.615. The molecule has 20 heavy (non-hydrogen) atoms. The van der Waals surface area contributed by atoms with Gasteiger partial charge in [-0.2, -0.15) is 0 Å². The Kier molecular flexibility index (Phi) is 4.70. The molecule has 8 nitrogen and oxygen atoms in total. The molecule has 0 radical (unpaired) electrons. The molecule has 3 N–H and O–H groups in total. The zero-order valence-electron chi connectivity index (χ0n) is 10.2. The fourth-order valence-corrected chi connectivity index (χ4v) is 1.46. The fourth-order valence-electron chi connectivity index (χ4n) is 1.46. The molecule has 0 aliphatic carbocycles. The maximum atomic E-state index is 12.9. The van der Waals surface area contributed by atoms with E-state index in [1.807, 2.05) is 5.32 Å². The van der Waals surface area contributed by atoms with E-state index in [4.69, 9.17) is 5.11 Å². The Hall–Kier alpha value is -2.55. The molecule has 0 fully saturated rings. The van der Waals surface area contributed by atoms with Gasteiger partial charge in [-0.05, 0) is 19.1 Å². The number of hydrogen-bond acceptors (Lipinski definition) is 5. The van der Waals surface area contributed by atoms with Gasteiger partial charge < -0.3 is 15.5 Å². The minimum Gasteiger partial charge on any atom is -0.480 e. The quantitative estimate of drug-likeness (QED) is 0.527. The Morgan fingerprint density at radius 2 is 2.05 bits per heavy atom. The molecular formula is C11H11FN2O6. The number of carboxylic acids is 1. The molecule has 0 aliphatic heterocycles. The van der Waals surface area contributed by atoms with Crippen LogP contribution in [0.15, 0.2) is 18.2 Å². The molecule has 0 saturated carbocycles. The van der Waals surface area contributed by atoms with Gasteiger partial charge in [0.2, 0.25) is 0 Å². The summed E-state index contributed by atoms with van der Waals surface area (Å²) in [7, 11) is 0. The average molecular weight is 286 g/mol. The minimum absolute atomic E-state index is 0.497. The summed E-state index contributed by atoms with van der Waals surface area (Å²) in [5, 5.41) is 30.7. The lowest BCUT2D eigenvalue weighted by molar-refractivity contribution is -0.385. The number of aliphatic hydroxyl groups is 1. The van der Waals surface area contributed by atoms with Crippen molar-refractivity contribution >= 4 is 17.6 Å². The first-order chi connectivity index (χ1) is 9.23. The third-order valence-corrected chi connectivity index (χ3v) is 2.44. The maximum absolute atomic E-state index is 12.9. The van der Waals surface area contributed by atoms with E-state index in [2.05, 4.69) is 0 Å². The van der Waals surface area contributed by atoms with Crippen molar-refractivity contribution in [1.29, 1.82) is 0 Å². The maximum Gasteiger partial charge on any atom is 0.328 e. The van der Waals surface area contributed by atoms with Crippen molar-refractivity contribution in [3.05, 3.63) is 39.7 Å². The van der Waals surface area contributed by atoms with Crippen molar-refractivity contribution in [3.8, 4) is 0 Å². The van der Waals surface area contributed by atoms with Crippen molar-refractivity contribution in [2.45, 2.75) is 19.1 Å². The number of carbonyl (C=O) groups excluding carboxylic acids is 1. The Balaban J connectivity index is 3.09. The van der Waals surface area contributed by atoms with Crippen LogP contribution >= 0.6 is 0 Å². The van der Waals surface area contributed by atoms with Crippen LogP contribution < -0.4 is 5.32 Å². The third-order valence-electron chi connectivity index (χ3n) is 2.44. The molecule has 0 spiro atoms. The summed E-state index contributed by atoms with van der Waals surface area (Å²) in [6.07, 6.45) is -1.41. The van der Waals surface area contributed by atoms with Gasteiger partial charge in [0.05, 0.1) is 17.1 Å². The van der Waals surface area contributed by atoms with Crippen LogP contribution in [0.1, 0.15) is 17.3 Å². The lowest BCUT2D eigenvalue weighted by Crippen LogP contribution is -2.47. The van der Waals surface area contributed by atoms with Crippen molar-refractivity contribution in [1.82, 2.24) is 5.32 Å². The van der Waals surface area contributed by atoms with Crippen LogP contribution in [0.4, 0.5) is 10.1 Å². The molecular weight excluding hydrogens is 275 g/mol. The van der Waals surface area contributed by atoms with Gasteiger partial charge in [-0.25, -0.2) is 9.18 Å². The highest BCUT2D eigenvalue weighted by molar-refractivity contribution is 6.00. The highest BCUT2D eigenvalue weighted by atomic mass is 19.1. The van der Waals surface area contributed by atoms with Gasteiger partial charge in [-0.1, -0.05) is 0 Å². The molecule has 0 aliphatic rings. The first-order valence-corrected chi connectivity index (χ1v) is 5.39. The molecule has 2 atom stereocenters. The number of halogens is 1. The van der Waals surface area contributed by atoms with Gasteiger partial charge in [-0.3, -0.25) is 14.9 Å². The molecule has 0 heterocycles. The van der Waals surface area contributed by atoms with E-state index in [-0.39, 0.29) is 0 Å². The predicted molar refractivity (Wildman–Crippen MR) is 63.6 cm³/mol. The lowest BCUT2D eigenvalue weighted by Gasteiger charge is -2.16. The van der Waals surface area contributed by atoms with Crippen LogP contribution in [0.2, 0.25) is 0 Å². The number of benzene rings is 1. The summed E-state index contributed by atoms with van der Waals surface area (Å²) < 4.78 is 12.9. The SMILES string of the molecule is C[C@@H](O)[C@H](NC(=O)c1ccc(F)cc1[N+](=O)[O-])C(=O)O. The predicted octanol–water partition coefficient (Wildman–Crippen LogP) is 0.298. The van der Waals surface area contributed by atoms with Gasteiger partial charge in [0.15, 0.2) is 6.04 Å². The molecule has 1 amide bonds. The van der Waals surface area contributed by atoms with Crippen LogP contribution in [0.5, 0.6) is 0 Å². The van der Waals surface area contributed by atoms with Gasteiger partial charge in [0.25, 0.3) is 11.6 Å². The average Bonchev–Trinajstić information content (AvgIpc) is 2.34. The van der Waals surface area contributed by atoms with Crippen LogP contribution in [-0.2, 0) is 4.79 Å². The minimum atomic E-state index is -1.63. The van der Waals surface area contributed by atoms with Crippen molar-refractivity contribution in [3.63, 3.8) is 0 Å². The number of hydrogen-bond donors (Lipinski definition) is 3. The second-order valence-corrected chi connectivity index (χ2v) is 3.95. The van der Waals surface area contributed by atoms with E-state index < -0.39 is 46.0 Å². The molecule has 1 rings (SSSR count). The molecule has 9 heteroatoms. The van der Waals surface area contributed by atoms with Crippen molar-refractivity contribution in [2.24, 2.45) is 0 Å². The molecule has 1 aromatic rings. The van der Waals surface area contributed by atoms with Crippen molar-refractivity contribution < 1.29 is 29.1 Å². The van der Waals surface area contributed by atoms with Crippen LogP contribution in [-0.4, -0.2) is 39.2 Å². The van der Waals surface area contributed by atoms with Crippen molar-refractivity contribution in [2.75, 3.05) is 0 Å². The number of nitrogens with zero attached hydrogens (tertiary/aromatic N) is 1. The molecule has 1 aromatic carbocycles. The summed E-state index contributed by atoms with van der Waals surface area (Å²) in [5.41, 5.74) is -1.29. The normalized spacial score (nSPS) is 13.3. The zero-order chi connectivity index (χ0) is 15.4. The first-order valence-electron chi connectivity index (χ1n) is 5.39. The first kappa shape index (κ1) is 15.5. The summed E-state index contributed by atoms with van der Waals surface area (Å²) in [5.74, 6) is -3.50. The topological polar surface area (TPSA) is 130 Å². The van der Waals surface area contributed by atoms with E-state index in [1.54, 1.807) is 0 Å². The van der Waals surface area contributed by atoms with E-state index in [0.717, 1.165) is 19.1 Å². The molecule has 108 valence electrons. The number of rotatable bonds is 5. The number of aliphatic hydroxyl groups excluding tert-OH is 1. The third kappa shape index (κ3) is 3.48. The number of carbonyl (C=O) groups is 2. The lowest BCUT2D eigenvalue weighted by atomic mass is 10.1. The summed E-state index contributed by atoms with van der Waals surface area (Å²) in [6.45, 7) is 1.14. The fraction of sp³-hybridized carbons (Fsp3) is 0.273. The van der Waals surface area contributed by atoms with E-state index >= 15 is 0 Å². The van der Waals surface area contributed by atoms with Gasteiger partial charge in [0.1, 0.15) is 11.4 Å². The standard InChI is InChI=1S/C11H11FN2O6/c1-5(15)9(11(17)18)13-10(16)7-3-2-6(12)4-8(7)14(19)20/h2-5,9,15H,1H3,(H,13,16)(H,17,18)/t5-,9+/m1/s1. The number of aliphatic carboxylic acids is 1. The number of nitro benzene ring substituents is 1. The van der Waals surface area contributed by atoms with Crippen LogP contribution in [0, 0.1) is 15.9 Å². The number of nitro groups is 1. The van der Waals surface area contributed by atoms with E-state index in [1.165, 1.54) is 0 Å². The Morgan fingerprint density at radius 3 is 2.50 bits per heavy atom. The van der Waals surface area contributed by atoms with E-state index in [0.29, 0.717) is 6.07 Å². The smallest absolute Gasteiger partial charge is 0.328 e. The van der Waals surface area contributed by atoms with Crippen LogP contribution in [0.3, 0.4) is 0 Å². The molecule has 0 saturated heterocycles. The Morgan fingerprint density at radius 1 is 1.45 bits per heavy atom. The number of nitrogens with one attached hydrogen (secondary N) is 1. The number of amides is 1. The highest BCUT2D eigenvalue weighted by Crippen LogP contribution is 2.19. The number of carboxylic acid groups (broad SMARTS) is 1. The second-order valence-electron chi connectivity index (χ2n) is 3.95. The van der Waals surface area contributed by atoms with Gasteiger partial charge in [0, 0.05) is 0 Å². The summed E-state index contributed by atoms with van der Waals surface area (Å²) in [4.78, 5) is 32.4. The van der Waals surface area contributed by atoms with E-state index in [9.17, 15) is 29.2 Å². The van der Waals surface area contributed by atoms with Crippen LogP contribution in [0.25, 0.3) is 0 Å². The Labute approximate surface area is 112 Å². The van der Waals surface area contributed by atoms with Gasteiger partial charge >= 0.3 is 5.97 Å². The highest BCUT2D eigenvalue weighted by Gasteiger charge is 2.28. The molecule has 0 unspecified atom stereocenters. The largest absolute Gasteiger partial charge is 0.480 e. The Bertz CT molecular complexity index is 560.